The van der Waals surface area contributed by atoms with Gasteiger partial charge in [0.05, 0.1) is 28.1 Å². The molecule has 1 unspecified atom stereocenters. The van der Waals surface area contributed by atoms with Gasteiger partial charge in [-0.15, -0.1) is 0 Å². The minimum absolute atomic E-state index is 0.107. The quantitative estimate of drug-likeness (QED) is 0.171. The lowest BCUT2D eigenvalue weighted by Crippen LogP contribution is -2.17. The van der Waals surface area contributed by atoms with Gasteiger partial charge in [0.15, 0.2) is 11.4 Å². The van der Waals surface area contributed by atoms with Crippen molar-refractivity contribution in [3.8, 4) is 16.8 Å². The van der Waals surface area contributed by atoms with Gasteiger partial charge in [-0.1, -0.05) is 159 Å². The van der Waals surface area contributed by atoms with E-state index >= 15 is 0 Å². The Morgan fingerprint density at radius 3 is 2.03 bits per heavy atom. The molecule has 0 amide bonds. The molecule has 0 bridgehead atoms. The Kier molecular flexibility index (Phi) is 8.17. The van der Waals surface area contributed by atoms with Gasteiger partial charge < -0.3 is 8.98 Å². The van der Waals surface area contributed by atoms with Crippen LogP contribution in [0.25, 0.3) is 87.8 Å². The van der Waals surface area contributed by atoms with Gasteiger partial charge >= 0.3 is 0 Å². The van der Waals surface area contributed by atoms with Gasteiger partial charge in [0.25, 0.3) is 0 Å². The zero-order valence-electron chi connectivity index (χ0n) is 33.6. The van der Waals surface area contributed by atoms with E-state index in [1.165, 1.54) is 37.9 Å². The summed E-state index contributed by atoms with van der Waals surface area (Å²) in [5.41, 5.74) is 12.2. The molecule has 2 aromatic heterocycles. The Balaban J connectivity index is 1.13. The predicted octanol–water partition coefficient (Wildman–Crippen LogP) is 15.0. The molecule has 0 saturated carbocycles. The van der Waals surface area contributed by atoms with Gasteiger partial charge in [-0.2, -0.15) is 0 Å². The lowest BCUT2D eigenvalue weighted by Gasteiger charge is -2.20. The van der Waals surface area contributed by atoms with E-state index < -0.39 is 0 Å². The van der Waals surface area contributed by atoms with Crippen molar-refractivity contribution in [1.82, 2.24) is 4.57 Å². The lowest BCUT2D eigenvalue weighted by atomic mass is 9.91. The summed E-state index contributed by atoms with van der Waals surface area (Å²) >= 11 is 0. The standard InChI is InChI=1S/C57H39N3O/c1-36-26-30-49(43-28-27-38-16-5-6-17-39(38)32-43)58-57(59-55(36)44-21-13-20-40(33-44)37-14-3-2-4-15-37)47-29-31-51(56-54(47)46-23-10-12-25-53(46)61-56)60-50-24-11-9-22-45(50)48-34-41-18-7-8-19-42(41)35-52(48)60/h2-25,27-36H,26H2,1H3/b49-30+,58-57-,59-55+. The summed E-state index contributed by atoms with van der Waals surface area (Å²) in [6.45, 7) is 2.28. The molecule has 0 N–H and O–H groups in total. The highest BCUT2D eigenvalue weighted by molar-refractivity contribution is 6.24. The molecular weight excluding hydrogens is 743 g/mol. The molecule has 1 aliphatic heterocycles. The highest BCUT2D eigenvalue weighted by Gasteiger charge is 2.25. The second kappa shape index (κ2) is 14.2. The number of aliphatic imine (C=N–C) groups is 2. The third kappa shape index (κ3) is 5.90. The lowest BCUT2D eigenvalue weighted by molar-refractivity contribution is 0.666. The van der Waals surface area contributed by atoms with Crippen LogP contribution in [0.2, 0.25) is 0 Å². The first-order valence-electron chi connectivity index (χ1n) is 21.0. The molecule has 4 nitrogen and oxygen atoms in total. The average Bonchev–Trinajstić information content (AvgIpc) is 3.86. The van der Waals surface area contributed by atoms with Crippen molar-refractivity contribution in [2.45, 2.75) is 13.3 Å². The molecule has 0 radical (unpaired) electrons. The summed E-state index contributed by atoms with van der Waals surface area (Å²) in [6.07, 6.45) is 3.09. The summed E-state index contributed by atoms with van der Waals surface area (Å²) in [7, 11) is 0. The molecule has 11 aromatic rings. The third-order valence-corrected chi connectivity index (χ3v) is 12.4. The van der Waals surface area contributed by atoms with Crippen molar-refractivity contribution in [2.75, 3.05) is 0 Å². The smallest absolute Gasteiger partial charge is 0.160 e. The first-order chi connectivity index (χ1) is 30.1. The summed E-state index contributed by atoms with van der Waals surface area (Å²) in [5.74, 6) is 0.762. The number of fused-ring (bicyclic) bond motifs is 8. The molecule has 12 rings (SSSR count). The predicted molar refractivity (Wildman–Crippen MR) is 256 cm³/mol. The van der Waals surface area contributed by atoms with Crippen LogP contribution >= 0.6 is 0 Å². The van der Waals surface area contributed by atoms with Crippen molar-refractivity contribution < 1.29 is 4.42 Å². The number of furan rings is 1. The number of rotatable bonds is 5. The molecule has 0 spiro atoms. The molecule has 3 heterocycles. The van der Waals surface area contributed by atoms with Crippen LogP contribution in [-0.2, 0) is 0 Å². The molecule has 288 valence electrons. The number of amidine groups is 1. The third-order valence-electron chi connectivity index (χ3n) is 12.4. The van der Waals surface area contributed by atoms with E-state index in [4.69, 9.17) is 14.4 Å². The fourth-order valence-electron chi connectivity index (χ4n) is 9.39. The number of hydrogen-bond donors (Lipinski definition) is 0. The van der Waals surface area contributed by atoms with Crippen molar-refractivity contribution in [1.29, 1.82) is 0 Å². The Hall–Kier alpha value is -7.82. The first kappa shape index (κ1) is 35.2. The average molecular weight is 782 g/mol. The SMILES string of the molecule is CC1C/C=C(c2ccc3ccccc3c2)/N=C(c2ccc(-n3c4ccccc4c4cc5ccccc5cc43)c3oc4ccccc4c23)\N=C/1c1cccc(-c2ccccc2)c1. The summed E-state index contributed by atoms with van der Waals surface area (Å²) < 4.78 is 9.37. The van der Waals surface area contributed by atoms with Gasteiger partial charge in [0, 0.05) is 38.6 Å². The van der Waals surface area contributed by atoms with Crippen LogP contribution in [0.5, 0.6) is 0 Å². The molecule has 0 aliphatic carbocycles. The minimum Gasteiger partial charge on any atom is -0.454 e. The zero-order valence-corrected chi connectivity index (χ0v) is 33.6. The summed E-state index contributed by atoms with van der Waals surface area (Å²) in [4.78, 5) is 11.2. The van der Waals surface area contributed by atoms with E-state index in [-0.39, 0.29) is 5.92 Å². The van der Waals surface area contributed by atoms with E-state index in [0.29, 0.717) is 5.84 Å². The van der Waals surface area contributed by atoms with Crippen molar-refractivity contribution >= 4 is 82.5 Å². The number of benzene rings is 9. The van der Waals surface area contributed by atoms with Crippen LogP contribution in [0.1, 0.15) is 30.0 Å². The fraction of sp³-hybridized carbons (Fsp3) is 0.0526. The maximum atomic E-state index is 7.00. The largest absolute Gasteiger partial charge is 0.454 e. The van der Waals surface area contributed by atoms with E-state index in [0.717, 1.165) is 78.7 Å². The van der Waals surface area contributed by atoms with Gasteiger partial charge in [0.2, 0.25) is 0 Å². The number of allylic oxidation sites excluding steroid dienone is 1. The molecule has 1 aliphatic rings. The van der Waals surface area contributed by atoms with E-state index in [1.54, 1.807) is 0 Å². The Morgan fingerprint density at radius 2 is 1.18 bits per heavy atom. The Bertz CT molecular complexity index is 3640. The fourth-order valence-corrected chi connectivity index (χ4v) is 9.39. The topological polar surface area (TPSA) is 42.8 Å². The van der Waals surface area contributed by atoms with Gasteiger partial charge in [-0.05, 0) is 93.2 Å². The highest BCUT2D eigenvalue weighted by atomic mass is 16.3. The number of aromatic nitrogens is 1. The van der Waals surface area contributed by atoms with Crippen LogP contribution in [0, 0.1) is 5.92 Å². The van der Waals surface area contributed by atoms with E-state index in [1.807, 2.05) is 6.07 Å². The van der Waals surface area contributed by atoms with Crippen LogP contribution in [0.3, 0.4) is 0 Å². The molecule has 61 heavy (non-hydrogen) atoms. The molecule has 0 fully saturated rings. The monoisotopic (exact) mass is 781 g/mol. The van der Waals surface area contributed by atoms with Crippen molar-refractivity contribution in [3.05, 3.63) is 217 Å². The van der Waals surface area contributed by atoms with E-state index in [2.05, 4.69) is 206 Å². The Morgan fingerprint density at radius 1 is 0.492 bits per heavy atom. The molecule has 9 aromatic carbocycles. The number of nitrogens with zero attached hydrogens (tertiary/aromatic N) is 3. The zero-order chi connectivity index (χ0) is 40.4. The minimum atomic E-state index is 0.107. The molecular formula is C57H39N3O. The summed E-state index contributed by atoms with van der Waals surface area (Å²) in [5, 5.41) is 9.22. The highest BCUT2D eigenvalue weighted by Crippen LogP contribution is 2.41. The van der Waals surface area contributed by atoms with Crippen LogP contribution in [0.15, 0.2) is 215 Å². The Labute approximate surface area is 353 Å². The molecule has 4 heteroatoms. The van der Waals surface area contributed by atoms with Crippen molar-refractivity contribution in [2.24, 2.45) is 15.9 Å². The van der Waals surface area contributed by atoms with Gasteiger partial charge in [-0.3, -0.25) is 0 Å². The molecule has 1 atom stereocenters. The summed E-state index contributed by atoms with van der Waals surface area (Å²) in [6, 6.07) is 69.2. The van der Waals surface area contributed by atoms with Gasteiger partial charge in [-0.25, -0.2) is 9.98 Å². The van der Waals surface area contributed by atoms with Crippen molar-refractivity contribution in [3.63, 3.8) is 0 Å². The van der Waals surface area contributed by atoms with Gasteiger partial charge in [0.1, 0.15) is 5.58 Å². The first-order valence-corrected chi connectivity index (χ1v) is 21.0. The normalized spacial score (nSPS) is 17.3. The molecule has 0 saturated heterocycles. The second-order valence-corrected chi connectivity index (χ2v) is 16.2. The number of para-hydroxylation sites is 2. The maximum Gasteiger partial charge on any atom is 0.160 e. The number of hydrogen-bond acceptors (Lipinski definition) is 3. The van der Waals surface area contributed by atoms with Crippen LogP contribution in [0.4, 0.5) is 0 Å². The van der Waals surface area contributed by atoms with E-state index in [9.17, 15) is 0 Å². The van der Waals surface area contributed by atoms with Crippen LogP contribution < -0.4 is 0 Å². The maximum absolute atomic E-state index is 7.00. The van der Waals surface area contributed by atoms with Crippen LogP contribution in [-0.4, -0.2) is 16.1 Å². The second-order valence-electron chi connectivity index (χ2n) is 16.2.